The van der Waals surface area contributed by atoms with Crippen molar-refractivity contribution < 1.29 is 0 Å². The number of fused-ring (bicyclic) bond motifs is 4. The minimum Gasteiger partial charge on any atom is -0.0625 e. The van der Waals surface area contributed by atoms with E-state index in [1.165, 1.54) is 12.8 Å². The molecule has 5 fully saturated rings. The molecular formula is C50H92. The van der Waals surface area contributed by atoms with Gasteiger partial charge in [-0.05, 0) is 165 Å². The summed E-state index contributed by atoms with van der Waals surface area (Å²) in [5.74, 6) is 17.6. The quantitative estimate of drug-likeness (QED) is 0.270. The van der Waals surface area contributed by atoms with Crippen LogP contribution in [-0.4, -0.2) is 0 Å². The van der Waals surface area contributed by atoms with E-state index in [4.69, 9.17) is 0 Å². The Morgan fingerprint density at radius 3 is 0.860 bits per heavy atom. The zero-order valence-corrected chi connectivity index (χ0v) is 38.1. The molecule has 5 saturated carbocycles. The molecule has 0 aliphatic heterocycles. The van der Waals surface area contributed by atoms with Crippen LogP contribution in [0.4, 0.5) is 0 Å². The van der Waals surface area contributed by atoms with Gasteiger partial charge in [0.05, 0.1) is 0 Å². The van der Waals surface area contributed by atoms with Gasteiger partial charge in [0.15, 0.2) is 0 Å². The Bertz CT molecular complexity index is 1080. The molecule has 5 aliphatic carbocycles. The standard InChI is InChI=1S/C50H92/c1-25(2)39-27(5)29(7)43-35(39)23-37-41(47(13,14)15)31(9)33(11)45(37)50(21,22)44-30(8)28(6)40(26(3)4)36(44)24-38-42(48(16,17)18)32(10)34(12)46(38)49(43,19)20/h25-46H,23-24H2,1-22H3/t27-,28-,29+,30+,31+,32+,33-,34-,35-,36-,37+,38+,39-,40-,41+,42+,43+,44+,45-,46-/m0/s1. The van der Waals surface area contributed by atoms with E-state index >= 15 is 0 Å². The molecule has 0 aromatic rings. The normalized spacial score (nSPS) is 52.3. The van der Waals surface area contributed by atoms with Crippen LogP contribution in [0.5, 0.6) is 0 Å². The maximum atomic E-state index is 2.86. The molecule has 20 atom stereocenters. The molecule has 5 aliphatic rings. The smallest absolute Gasteiger partial charge is 0.0287 e. The van der Waals surface area contributed by atoms with E-state index in [1.54, 1.807) is 0 Å². The van der Waals surface area contributed by atoms with Crippen LogP contribution in [0.2, 0.25) is 0 Å². The van der Waals surface area contributed by atoms with Gasteiger partial charge in [-0.1, -0.05) is 152 Å². The molecule has 0 N–H and O–H groups in total. The highest BCUT2D eigenvalue weighted by Gasteiger charge is 2.67. The fourth-order valence-corrected chi connectivity index (χ4v) is 19.0. The molecule has 50 heavy (non-hydrogen) atoms. The Labute approximate surface area is 316 Å². The number of hydrogen-bond acceptors (Lipinski definition) is 0. The molecule has 0 aromatic carbocycles. The van der Waals surface area contributed by atoms with Crippen molar-refractivity contribution in [1.29, 1.82) is 0 Å². The molecule has 0 unspecified atom stereocenters. The van der Waals surface area contributed by atoms with Crippen LogP contribution >= 0.6 is 0 Å². The van der Waals surface area contributed by atoms with E-state index < -0.39 is 0 Å². The molecular weight excluding hydrogens is 601 g/mol. The van der Waals surface area contributed by atoms with Gasteiger partial charge in [-0.3, -0.25) is 0 Å². The van der Waals surface area contributed by atoms with Gasteiger partial charge in [0.25, 0.3) is 0 Å². The van der Waals surface area contributed by atoms with E-state index in [1.807, 2.05) is 0 Å². The third-order valence-corrected chi connectivity index (χ3v) is 19.8. The van der Waals surface area contributed by atoms with Gasteiger partial charge < -0.3 is 0 Å². The fourth-order valence-electron chi connectivity index (χ4n) is 19.0. The molecule has 0 heterocycles. The minimum absolute atomic E-state index is 0.330. The van der Waals surface area contributed by atoms with Gasteiger partial charge in [0, 0.05) is 0 Å². The van der Waals surface area contributed by atoms with Crippen LogP contribution in [0.25, 0.3) is 0 Å². The van der Waals surface area contributed by atoms with Crippen molar-refractivity contribution in [2.45, 2.75) is 165 Å². The number of hydrogen-bond donors (Lipinski definition) is 0. The van der Waals surface area contributed by atoms with Crippen molar-refractivity contribution in [3.63, 3.8) is 0 Å². The third kappa shape index (κ3) is 6.09. The Morgan fingerprint density at radius 2 is 0.620 bits per heavy atom. The van der Waals surface area contributed by atoms with Gasteiger partial charge in [-0.25, -0.2) is 0 Å². The van der Waals surface area contributed by atoms with E-state index in [2.05, 4.69) is 152 Å². The van der Waals surface area contributed by atoms with Crippen LogP contribution < -0.4 is 0 Å². The summed E-state index contributed by atoms with van der Waals surface area (Å²) in [4.78, 5) is 0. The lowest BCUT2D eigenvalue weighted by atomic mass is 9.51. The molecule has 0 heteroatoms. The summed E-state index contributed by atoms with van der Waals surface area (Å²) in [5, 5.41) is 0. The second kappa shape index (κ2) is 13.3. The van der Waals surface area contributed by atoms with Crippen LogP contribution in [0.15, 0.2) is 0 Å². The average Bonchev–Trinajstić information content (AvgIpc) is 3.54. The highest BCUT2D eigenvalue weighted by molar-refractivity contribution is 5.14. The van der Waals surface area contributed by atoms with Gasteiger partial charge >= 0.3 is 0 Å². The maximum Gasteiger partial charge on any atom is -0.0287 e. The fraction of sp³-hybridized carbons (Fsp3) is 1.00. The lowest BCUT2D eigenvalue weighted by Gasteiger charge is -2.54. The van der Waals surface area contributed by atoms with E-state index in [0.29, 0.717) is 21.7 Å². The average molecular weight is 693 g/mol. The summed E-state index contributed by atoms with van der Waals surface area (Å²) in [6.45, 7) is 59.4. The van der Waals surface area contributed by atoms with Crippen LogP contribution in [-0.2, 0) is 0 Å². The van der Waals surface area contributed by atoms with E-state index in [9.17, 15) is 0 Å². The Balaban J connectivity index is 1.84. The molecule has 0 spiro atoms. The molecule has 0 radical (unpaired) electrons. The monoisotopic (exact) mass is 693 g/mol. The van der Waals surface area contributed by atoms with Crippen molar-refractivity contribution in [1.82, 2.24) is 0 Å². The highest BCUT2D eigenvalue weighted by atomic mass is 14.7. The summed E-state index contributed by atoms with van der Waals surface area (Å²) < 4.78 is 0. The first-order chi connectivity index (χ1) is 22.6. The Kier molecular flexibility index (Phi) is 11.0. The number of rotatable bonds is 2. The summed E-state index contributed by atoms with van der Waals surface area (Å²) in [6, 6.07) is 0. The molecule has 0 aromatic heterocycles. The summed E-state index contributed by atoms with van der Waals surface area (Å²) >= 11 is 0. The van der Waals surface area contributed by atoms with Crippen molar-refractivity contribution in [2.24, 2.45) is 152 Å². The van der Waals surface area contributed by atoms with Crippen molar-refractivity contribution in [3.8, 4) is 0 Å². The first kappa shape index (κ1) is 41.2. The van der Waals surface area contributed by atoms with E-state index in [-0.39, 0.29) is 0 Å². The Morgan fingerprint density at radius 1 is 0.380 bits per heavy atom. The Hall–Kier alpha value is 0. The summed E-state index contributed by atoms with van der Waals surface area (Å²) in [6.07, 6.45) is 2.96. The topological polar surface area (TPSA) is 0 Å². The molecule has 5 rings (SSSR count). The lowest BCUT2D eigenvalue weighted by Crippen LogP contribution is -2.48. The molecule has 0 amide bonds. The second-order valence-corrected chi connectivity index (χ2v) is 25.2. The lowest BCUT2D eigenvalue weighted by molar-refractivity contribution is -0.0614. The van der Waals surface area contributed by atoms with Crippen LogP contribution in [0.1, 0.15) is 165 Å². The first-order valence-electron chi connectivity index (χ1n) is 22.6. The predicted octanol–water partition coefficient (Wildman–Crippen LogP) is 14.8. The van der Waals surface area contributed by atoms with Gasteiger partial charge in [-0.2, -0.15) is 0 Å². The van der Waals surface area contributed by atoms with Crippen molar-refractivity contribution in [3.05, 3.63) is 0 Å². The molecule has 292 valence electrons. The zero-order valence-electron chi connectivity index (χ0n) is 38.1. The highest BCUT2D eigenvalue weighted by Crippen LogP contribution is 2.72. The zero-order chi connectivity index (χ0) is 38.1. The summed E-state index contributed by atoms with van der Waals surface area (Å²) in [7, 11) is 0. The van der Waals surface area contributed by atoms with Crippen molar-refractivity contribution in [2.75, 3.05) is 0 Å². The largest absolute Gasteiger partial charge is 0.0625 e. The van der Waals surface area contributed by atoms with Crippen molar-refractivity contribution >= 4 is 0 Å². The van der Waals surface area contributed by atoms with Gasteiger partial charge in [0.2, 0.25) is 0 Å². The summed E-state index contributed by atoms with van der Waals surface area (Å²) in [5.41, 5.74) is 1.33. The maximum absolute atomic E-state index is 2.86. The SMILES string of the molecule is CC(C)[C@H]1[C@@H](C)[C@@H](C)[C@@H]2[C@H]1C[C@@H]1[C@H](C(C)(C)C)[C@H](C)[C@H](C)[C@@H]1C(C)(C)[C@@H]1[C@H](C)[C@H](C)[C@H](C(C)C)[C@@H]1C[C@@H]1[C@H](C(C)(C)C)[C@H](C)[C@H](C)[C@@H]1C2(C)C. The molecule has 0 saturated heterocycles. The van der Waals surface area contributed by atoms with Crippen LogP contribution in [0.3, 0.4) is 0 Å². The third-order valence-electron chi connectivity index (χ3n) is 19.8. The first-order valence-corrected chi connectivity index (χ1v) is 22.6. The minimum atomic E-state index is 0.330. The molecule has 0 nitrogen and oxygen atoms in total. The van der Waals surface area contributed by atoms with E-state index in [0.717, 1.165) is 130 Å². The van der Waals surface area contributed by atoms with Crippen LogP contribution in [0, 0.1) is 152 Å². The predicted molar refractivity (Wildman–Crippen MR) is 221 cm³/mol. The molecule has 0 bridgehead atoms. The second-order valence-electron chi connectivity index (χ2n) is 25.2. The van der Waals surface area contributed by atoms with Gasteiger partial charge in [0.1, 0.15) is 0 Å². The van der Waals surface area contributed by atoms with Gasteiger partial charge in [-0.15, -0.1) is 0 Å².